The van der Waals surface area contributed by atoms with Crippen LogP contribution in [0.25, 0.3) is 0 Å². The Bertz CT molecular complexity index is 751. The predicted molar refractivity (Wildman–Crippen MR) is 95.0 cm³/mol. The maximum absolute atomic E-state index is 12.1. The van der Waals surface area contributed by atoms with Crippen LogP contribution in [0.3, 0.4) is 0 Å². The lowest BCUT2D eigenvalue weighted by Crippen LogP contribution is -2.19. The lowest BCUT2D eigenvalue weighted by Gasteiger charge is -2.14. The lowest BCUT2D eigenvalue weighted by atomic mass is 10.2. The first-order chi connectivity index (χ1) is 12.2. The quantitative estimate of drug-likeness (QED) is 0.736. The fourth-order valence-electron chi connectivity index (χ4n) is 2.85. The number of thioether (sulfide) groups is 1. The normalized spacial score (nSPS) is 20.1. The summed E-state index contributed by atoms with van der Waals surface area (Å²) in [6, 6.07) is 0. The van der Waals surface area contributed by atoms with Crippen LogP contribution in [-0.2, 0) is 16.1 Å². The Balaban J connectivity index is 1.39. The van der Waals surface area contributed by atoms with Gasteiger partial charge in [-0.1, -0.05) is 23.1 Å². The van der Waals surface area contributed by atoms with E-state index < -0.39 is 0 Å². The van der Waals surface area contributed by atoms with Crippen LogP contribution in [-0.4, -0.2) is 49.3 Å². The van der Waals surface area contributed by atoms with Crippen molar-refractivity contribution in [2.45, 2.75) is 56.3 Å². The number of ether oxygens (including phenoxy) is 1. The number of amides is 1. The van der Waals surface area contributed by atoms with Crippen LogP contribution in [0.15, 0.2) is 5.16 Å². The third kappa shape index (κ3) is 4.18. The largest absolute Gasteiger partial charge is 0.376 e. The molecule has 1 amide bonds. The first-order valence-electron chi connectivity index (χ1n) is 8.46. The van der Waals surface area contributed by atoms with Crippen molar-refractivity contribution in [3.05, 3.63) is 10.8 Å². The van der Waals surface area contributed by atoms with Crippen molar-refractivity contribution in [3.8, 4) is 0 Å². The molecule has 0 unspecified atom stereocenters. The van der Waals surface area contributed by atoms with E-state index in [1.807, 2.05) is 6.92 Å². The van der Waals surface area contributed by atoms with Crippen LogP contribution in [0.5, 0.6) is 0 Å². The topological polar surface area (TPSA) is 94.8 Å². The van der Waals surface area contributed by atoms with Crippen LogP contribution >= 0.6 is 23.1 Å². The molecule has 1 saturated heterocycles. The molecule has 25 heavy (non-hydrogen) atoms. The molecule has 0 aromatic carbocycles. The Morgan fingerprint density at radius 1 is 1.32 bits per heavy atom. The first kappa shape index (κ1) is 16.9. The number of hydrogen-bond acceptors (Lipinski definition) is 8. The summed E-state index contributed by atoms with van der Waals surface area (Å²) in [6.07, 6.45) is 4.75. The van der Waals surface area contributed by atoms with E-state index in [1.165, 1.54) is 35.9 Å². The summed E-state index contributed by atoms with van der Waals surface area (Å²) in [7, 11) is 0. The predicted octanol–water partition coefficient (Wildman–Crippen LogP) is 2.23. The van der Waals surface area contributed by atoms with Gasteiger partial charge in [0.05, 0.1) is 18.4 Å². The van der Waals surface area contributed by atoms with Crippen LogP contribution in [0, 0.1) is 6.92 Å². The van der Waals surface area contributed by atoms with Gasteiger partial charge in [-0.2, -0.15) is 0 Å². The van der Waals surface area contributed by atoms with Crippen molar-refractivity contribution in [1.82, 2.24) is 25.0 Å². The number of nitrogens with zero attached hydrogens (tertiary/aromatic N) is 5. The second-order valence-electron chi connectivity index (χ2n) is 6.32. The lowest BCUT2D eigenvalue weighted by molar-refractivity contribution is -0.113. The molecule has 1 aliphatic carbocycles. The van der Waals surface area contributed by atoms with Gasteiger partial charge in [-0.3, -0.25) is 10.1 Å². The van der Waals surface area contributed by atoms with Gasteiger partial charge in [0.25, 0.3) is 0 Å². The van der Waals surface area contributed by atoms with E-state index in [0.717, 1.165) is 42.0 Å². The molecule has 2 aromatic rings. The van der Waals surface area contributed by atoms with E-state index in [9.17, 15) is 4.79 Å². The Morgan fingerprint density at radius 2 is 2.20 bits per heavy atom. The van der Waals surface area contributed by atoms with Crippen LogP contribution < -0.4 is 5.32 Å². The van der Waals surface area contributed by atoms with E-state index in [2.05, 4.69) is 30.3 Å². The highest BCUT2D eigenvalue weighted by Gasteiger charge is 2.32. The summed E-state index contributed by atoms with van der Waals surface area (Å²) in [5, 5.41) is 21.4. The zero-order valence-electron chi connectivity index (χ0n) is 14.0. The van der Waals surface area contributed by atoms with Crippen molar-refractivity contribution < 1.29 is 9.53 Å². The average Bonchev–Trinajstić information content (AvgIpc) is 2.96. The van der Waals surface area contributed by atoms with Gasteiger partial charge in [0.2, 0.25) is 11.0 Å². The van der Waals surface area contributed by atoms with Gasteiger partial charge in [-0.25, -0.2) is 0 Å². The van der Waals surface area contributed by atoms with Gasteiger partial charge in [0.15, 0.2) is 5.16 Å². The number of hydrogen-bond donors (Lipinski definition) is 1. The number of anilines is 1. The molecule has 10 heteroatoms. The highest BCUT2D eigenvalue weighted by Crippen LogP contribution is 2.40. The third-order valence-corrected chi connectivity index (χ3v) is 5.92. The Hall–Kier alpha value is -1.52. The highest BCUT2D eigenvalue weighted by atomic mass is 32.2. The second-order valence-corrected chi connectivity index (χ2v) is 8.45. The maximum Gasteiger partial charge on any atom is 0.236 e. The van der Waals surface area contributed by atoms with Crippen LogP contribution in [0.1, 0.15) is 42.4 Å². The Morgan fingerprint density at radius 3 is 2.88 bits per heavy atom. The number of carbonyl (C=O) groups is 1. The number of rotatable bonds is 7. The van der Waals surface area contributed by atoms with E-state index >= 15 is 0 Å². The molecule has 0 bridgehead atoms. The molecular weight excluding hydrogens is 360 g/mol. The molecule has 0 spiro atoms. The maximum atomic E-state index is 12.1. The Labute approximate surface area is 153 Å². The van der Waals surface area contributed by atoms with Crippen molar-refractivity contribution >= 4 is 34.1 Å². The van der Waals surface area contributed by atoms with Crippen molar-refractivity contribution in [2.75, 3.05) is 17.7 Å². The zero-order chi connectivity index (χ0) is 17.2. The van der Waals surface area contributed by atoms with E-state index in [4.69, 9.17) is 4.74 Å². The molecule has 1 atom stereocenters. The summed E-state index contributed by atoms with van der Waals surface area (Å²) in [6.45, 7) is 3.46. The van der Waals surface area contributed by atoms with Crippen molar-refractivity contribution in [2.24, 2.45) is 0 Å². The van der Waals surface area contributed by atoms with E-state index in [1.54, 1.807) is 0 Å². The minimum atomic E-state index is -0.110. The second kappa shape index (κ2) is 7.38. The number of carbonyl (C=O) groups excluding carboxylic acids is 1. The Kier molecular flexibility index (Phi) is 5.00. The third-order valence-electron chi connectivity index (χ3n) is 4.20. The van der Waals surface area contributed by atoms with Gasteiger partial charge in [0, 0.05) is 12.5 Å². The summed E-state index contributed by atoms with van der Waals surface area (Å²) in [5.74, 6) is 1.72. The minimum Gasteiger partial charge on any atom is -0.376 e. The molecule has 0 radical (unpaired) electrons. The summed E-state index contributed by atoms with van der Waals surface area (Å²) >= 11 is 2.77. The standard InChI is InChI=1S/C15H20N6O2S2/c1-9-17-19-14(25-9)16-12(22)8-24-15-20-18-13(10-4-5-10)21(15)7-11-3-2-6-23-11/h10-11H,2-8H2,1H3,(H,16,19,22)/t11-/m0/s1. The fourth-order valence-corrected chi connectivity index (χ4v) is 4.21. The monoisotopic (exact) mass is 380 g/mol. The molecule has 1 N–H and O–H groups in total. The average molecular weight is 380 g/mol. The van der Waals surface area contributed by atoms with Gasteiger partial charge in [-0.05, 0) is 32.6 Å². The summed E-state index contributed by atoms with van der Waals surface area (Å²) in [4.78, 5) is 12.1. The molecule has 1 aliphatic heterocycles. The highest BCUT2D eigenvalue weighted by molar-refractivity contribution is 7.99. The van der Waals surface area contributed by atoms with Crippen molar-refractivity contribution in [3.63, 3.8) is 0 Å². The molecular formula is C15H20N6O2S2. The van der Waals surface area contributed by atoms with Crippen LogP contribution in [0.4, 0.5) is 5.13 Å². The van der Waals surface area contributed by atoms with E-state index in [0.29, 0.717) is 11.0 Å². The molecule has 2 aliphatic rings. The SMILES string of the molecule is Cc1nnc(NC(=O)CSc2nnc(C3CC3)n2C[C@@H]2CCCO2)s1. The molecule has 3 heterocycles. The van der Waals surface area contributed by atoms with Gasteiger partial charge >= 0.3 is 0 Å². The molecule has 4 rings (SSSR count). The van der Waals surface area contributed by atoms with Crippen LogP contribution in [0.2, 0.25) is 0 Å². The minimum absolute atomic E-state index is 0.110. The number of nitrogens with one attached hydrogen (secondary N) is 1. The molecule has 2 aromatic heterocycles. The van der Waals surface area contributed by atoms with E-state index in [-0.39, 0.29) is 17.8 Å². The molecule has 2 fully saturated rings. The molecule has 1 saturated carbocycles. The van der Waals surface area contributed by atoms with Gasteiger partial charge < -0.3 is 9.30 Å². The van der Waals surface area contributed by atoms with Gasteiger partial charge in [0.1, 0.15) is 10.8 Å². The zero-order valence-corrected chi connectivity index (χ0v) is 15.6. The molecule has 8 nitrogen and oxygen atoms in total. The first-order valence-corrected chi connectivity index (χ1v) is 10.3. The van der Waals surface area contributed by atoms with Gasteiger partial charge in [-0.15, -0.1) is 20.4 Å². The smallest absolute Gasteiger partial charge is 0.236 e. The number of aromatic nitrogens is 5. The summed E-state index contributed by atoms with van der Waals surface area (Å²) in [5.41, 5.74) is 0. The van der Waals surface area contributed by atoms with Crippen molar-refractivity contribution in [1.29, 1.82) is 0 Å². The number of aryl methyl sites for hydroxylation is 1. The summed E-state index contributed by atoms with van der Waals surface area (Å²) < 4.78 is 7.92. The molecule has 134 valence electrons. The fraction of sp³-hybridized carbons (Fsp3) is 0.667.